The molecule has 0 bridgehead atoms. The van der Waals surface area contributed by atoms with Crippen molar-refractivity contribution in [1.29, 1.82) is 0 Å². The van der Waals surface area contributed by atoms with Gasteiger partial charge in [0.2, 0.25) is 5.91 Å². The summed E-state index contributed by atoms with van der Waals surface area (Å²) in [5.41, 5.74) is 9.26. The maximum absolute atomic E-state index is 11.5. The van der Waals surface area contributed by atoms with Gasteiger partial charge in [-0.3, -0.25) is 9.59 Å². The van der Waals surface area contributed by atoms with Crippen molar-refractivity contribution in [2.75, 3.05) is 11.9 Å². The Hall–Kier alpha value is -2.33. The van der Waals surface area contributed by atoms with Crippen molar-refractivity contribution in [3.63, 3.8) is 0 Å². The Morgan fingerprint density at radius 3 is 2.56 bits per heavy atom. The summed E-state index contributed by atoms with van der Waals surface area (Å²) in [6, 6.07) is 6.56. The second-order valence-electron chi connectivity index (χ2n) is 4.15. The molecule has 1 aliphatic rings. The van der Waals surface area contributed by atoms with Crippen LogP contribution in [-0.2, 0) is 4.79 Å². The molecule has 0 radical (unpaired) electrons. The maximum Gasteiger partial charge on any atom is 0.227 e. The second-order valence-corrected chi connectivity index (χ2v) is 4.15. The van der Waals surface area contributed by atoms with Gasteiger partial charge in [0.05, 0.1) is 6.54 Å². The van der Waals surface area contributed by atoms with Crippen LogP contribution < -0.4 is 5.32 Å². The number of hydrogen-bond donors (Lipinski definition) is 1. The zero-order chi connectivity index (χ0) is 13.0. The summed E-state index contributed by atoms with van der Waals surface area (Å²) >= 11 is 0. The molecule has 0 atom stereocenters. The molecule has 0 aromatic heterocycles. The number of Topliss-reactive ketones (excluding diaryl/α,β-unsaturated/α-hetero) is 1. The number of rotatable bonds is 5. The molecule has 1 fully saturated rings. The average Bonchev–Trinajstić information content (AvgIpc) is 3.21. The standard InChI is InChI=1S/C12H12N4O2/c13-16-14-7-11(17)8-3-5-10(6-4-8)15-12(18)9-1-2-9/h3-6,9H,1-2,7H2,(H,15,18). The monoisotopic (exact) mass is 244 g/mol. The van der Waals surface area contributed by atoms with Gasteiger partial charge in [0, 0.05) is 22.1 Å². The molecule has 18 heavy (non-hydrogen) atoms. The first kappa shape index (κ1) is 12.1. The third kappa shape index (κ3) is 3.09. The second kappa shape index (κ2) is 5.33. The van der Waals surface area contributed by atoms with Gasteiger partial charge in [-0.05, 0) is 42.6 Å². The predicted molar refractivity (Wildman–Crippen MR) is 66.1 cm³/mol. The van der Waals surface area contributed by atoms with Gasteiger partial charge in [-0.2, -0.15) is 0 Å². The fourth-order valence-corrected chi connectivity index (χ4v) is 1.52. The SMILES string of the molecule is [N-]=[N+]=NCC(=O)c1ccc(NC(=O)C2CC2)cc1. The maximum atomic E-state index is 11.5. The summed E-state index contributed by atoms with van der Waals surface area (Å²) in [6.45, 7) is -0.190. The van der Waals surface area contributed by atoms with Crippen LogP contribution in [0.4, 0.5) is 5.69 Å². The van der Waals surface area contributed by atoms with E-state index in [0.717, 1.165) is 12.8 Å². The highest BCUT2D eigenvalue weighted by atomic mass is 16.2. The van der Waals surface area contributed by atoms with E-state index < -0.39 is 0 Å². The summed E-state index contributed by atoms with van der Waals surface area (Å²) in [5, 5.41) is 5.99. The van der Waals surface area contributed by atoms with Crippen molar-refractivity contribution >= 4 is 17.4 Å². The van der Waals surface area contributed by atoms with E-state index in [9.17, 15) is 9.59 Å². The first-order valence-electron chi connectivity index (χ1n) is 5.65. The molecular weight excluding hydrogens is 232 g/mol. The molecule has 1 amide bonds. The Labute approximate surface area is 104 Å². The summed E-state index contributed by atoms with van der Waals surface area (Å²) in [6.07, 6.45) is 1.91. The number of nitrogens with zero attached hydrogens (tertiary/aromatic N) is 3. The fraction of sp³-hybridized carbons (Fsp3) is 0.333. The quantitative estimate of drug-likeness (QED) is 0.373. The number of ketones is 1. The fourth-order valence-electron chi connectivity index (χ4n) is 1.52. The highest BCUT2D eigenvalue weighted by molar-refractivity contribution is 5.99. The van der Waals surface area contributed by atoms with E-state index >= 15 is 0 Å². The average molecular weight is 244 g/mol. The van der Waals surface area contributed by atoms with Crippen LogP contribution in [0, 0.1) is 5.92 Å². The van der Waals surface area contributed by atoms with Gasteiger partial charge in [-0.1, -0.05) is 5.11 Å². The van der Waals surface area contributed by atoms with E-state index in [1.165, 1.54) is 0 Å². The van der Waals surface area contributed by atoms with Crippen molar-refractivity contribution in [3.8, 4) is 0 Å². The molecule has 0 unspecified atom stereocenters. The van der Waals surface area contributed by atoms with Crippen LogP contribution in [0.25, 0.3) is 10.4 Å². The van der Waals surface area contributed by atoms with Crippen molar-refractivity contribution in [3.05, 3.63) is 40.3 Å². The largest absolute Gasteiger partial charge is 0.326 e. The molecular formula is C12H12N4O2. The number of carbonyl (C=O) groups is 2. The zero-order valence-electron chi connectivity index (χ0n) is 9.67. The molecule has 1 aromatic carbocycles. The minimum Gasteiger partial charge on any atom is -0.326 e. The summed E-state index contributed by atoms with van der Waals surface area (Å²) in [7, 11) is 0. The first-order valence-corrected chi connectivity index (χ1v) is 5.65. The van der Waals surface area contributed by atoms with E-state index in [1.807, 2.05) is 0 Å². The molecule has 0 aliphatic heterocycles. The van der Waals surface area contributed by atoms with Crippen LogP contribution in [0.3, 0.4) is 0 Å². The van der Waals surface area contributed by atoms with Crippen molar-refractivity contribution in [2.45, 2.75) is 12.8 Å². The zero-order valence-corrected chi connectivity index (χ0v) is 9.67. The van der Waals surface area contributed by atoms with Crippen molar-refractivity contribution < 1.29 is 9.59 Å². The number of amides is 1. The first-order chi connectivity index (χ1) is 8.70. The van der Waals surface area contributed by atoms with E-state index in [0.29, 0.717) is 11.3 Å². The summed E-state index contributed by atoms with van der Waals surface area (Å²) in [5.74, 6) is -0.0627. The Kier molecular flexibility index (Phi) is 3.60. The lowest BCUT2D eigenvalue weighted by molar-refractivity contribution is -0.117. The van der Waals surface area contributed by atoms with Gasteiger partial charge in [0.15, 0.2) is 5.78 Å². The molecule has 1 saturated carbocycles. The predicted octanol–water partition coefficient (Wildman–Crippen LogP) is 2.53. The molecule has 0 saturated heterocycles. The van der Waals surface area contributed by atoms with Crippen LogP contribution in [0.15, 0.2) is 29.4 Å². The molecule has 2 rings (SSSR count). The van der Waals surface area contributed by atoms with Gasteiger partial charge in [0.25, 0.3) is 0 Å². The molecule has 0 heterocycles. The molecule has 6 heteroatoms. The summed E-state index contributed by atoms with van der Waals surface area (Å²) < 4.78 is 0. The van der Waals surface area contributed by atoms with Crippen LogP contribution in [0.1, 0.15) is 23.2 Å². The lowest BCUT2D eigenvalue weighted by Gasteiger charge is -2.04. The molecule has 1 N–H and O–H groups in total. The third-order valence-corrected chi connectivity index (χ3v) is 2.70. The highest BCUT2D eigenvalue weighted by Gasteiger charge is 2.29. The van der Waals surface area contributed by atoms with Crippen molar-refractivity contribution in [1.82, 2.24) is 0 Å². The lowest BCUT2D eigenvalue weighted by atomic mass is 10.1. The van der Waals surface area contributed by atoms with Crippen LogP contribution in [-0.4, -0.2) is 18.2 Å². The van der Waals surface area contributed by atoms with Gasteiger partial charge >= 0.3 is 0 Å². The normalized spacial score (nSPS) is 13.6. The Morgan fingerprint density at radius 2 is 2.00 bits per heavy atom. The van der Waals surface area contributed by atoms with E-state index in [-0.39, 0.29) is 24.2 Å². The molecule has 92 valence electrons. The van der Waals surface area contributed by atoms with E-state index in [1.54, 1.807) is 24.3 Å². The number of azide groups is 1. The Bertz CT molecular complexity index is 513. The van der Waals surface area contributed by atoms with E-state index in [2.05, 4.69) is 15.3 Å². The van der Waals surface area contributed by atoms with Gasteiger partial charge in [0.1, 0.15) is 0 Å². The van der Waals surface area contributed by atoms with Crippen LogP contribution >= 0.6 is 0 Å². The third-order valence-electron chi connectivity index (χ3n) is 2.70. The Balaban J connectivity index is 1.98. The number of benzene rings is 1. The van der Waals surface area contributed by atoms with E-state index in [4.69, 9.17) is 5.53 Å². The number of anilines is 1. The number of carbonyl (C=O) groups excluding carboxylic acids is 2. The lowest BCUT2D eigenvalue weighted by Crippen LogP contribution is -2.13. The molecule has 6 nitrogen and oxygen atoms in total. The molecule has 0 spiro atoms. The summed E-state index contributed by atoms with van der Waals surface area (Å²) in [4.78, 5) is 25.5. The van der Waals surface area contributed by atoms with Crippen LogP contribution in [0.2, 0.25) is 0 Å². The number of nitrogens with one attached hydrogen (secondary N) is 1. The topological polar surface area (TPSA) is 94.9 Å². The van der Waals surface area contributed by atoms with Gasteiger partial charge in [-0.15, -0.1) is 0 Å². The van der Waals surface area contributed by atoms with Crippen molar-refractivity contribution in [2.24, 2.45) is 11.0 Å². The number of hydrogen-bond acceptors (Lipinski definition) is 3. The minimum atomic E-state index is -0.243. The van der Waals surface area contributed by atoms with Crippen LogP contribution in [0.5, 0.6) is 0 Å². The molecule has 1 aromatic rings. The molecule has 1 aliphatic carbocycles. The van der Waals surface area contributed by atoms with Gasteiger partial charge in [-0.25, -0.2) is 0 Å². The minimum absolute atomic E-state index is 0.0307. The highest BCUT2D eigenvalue weighted by Crippen LogP contribution is 2.30. The van der Waals surface area contributed by atoms with Gasteiger partial charge < -0.3 is 5.32 Å². The smallest absolute Gasteiger partial charge is 0.227 e. The Morgan fingerprint density at radius 1 is 1.33 bits per heavy atom.